The number of rotatable bonds is 5. The molecule has 0 aliphatic heterocycles. The molecule has 0 radical (unpaired) electrons. The van der Waals surface area contributed by atoms with E-state index in [-0.39, 0.29) is 12.3 Å². The van der Waals surface area contributed by atoms with Crippen LogP contribution in [0.15, 0.2) is 48.5 Å². The lowest BCUT2D eigenvalue weighted by molar-refractivity contribution is -0.384. The van der Waals surface area contributed by atoms with E-state index in [4.69, 9.17) is 10.6 Å². The van der Waals surface area contributed by atoms with Crippen LogP contribution in [0.5, 0.6) is 0 Å². The van der Waals surface area contributed by atoms with Gasteiger partial charge in [0, 0.05) is 17.7 Å². The normalized spacial score (nSPS) is 10.6. The Morgan fingerprint density at radius 3 is 2.65 bits per heavy atom. The van der Waals surface area contributed by atoms with Gasteiger partial charge in [-0.05, 0) is 6.07 Å². The van der Waals surface area contributed by atoms with Gasteiger partial charge >= 0.3 is 0 Å². The second-order valence-corrected chi connectivity index (χ2v) is 4.77. The molecule has 3 aromatic rings. The van der Waals surface area contributed by atoms with Gasteiger partial charge in [0.1, 0.15) is 5.52 Å². The largest absolute Gasteiger partial charge is 0.402 e. The summed E-state index contributed by atoms with van der Waals surface area (Å²) in [7, 11) is 0. The van der Waals surface area contributed by atoms with Crippen molar-refractivity contribution in [2.45, 2.75) is 0 Å². The number of imidazole rings is 1. The van der Waals surface area contributed by atoms with Crippen molar-refractivity contribution in [1.82, 2.24) is 9.71 Å². The van der Waals surface area contributed by atoms with Crippen LogP contribution in [0.4, 0.5) is 5.69 Å². The Labute approximate surface area is 130 Å². The Balaban J connectivity index is 2.20. The molecule has 116 valence electrons. The maximum absolute atomic E-state index is 11.0. The molecule has 1 aromatic heterocycles. The van der Waals surface area contributed by atoms with Crippen molar-refractivity contribution in [3.05, 3.63) is 58.6 Å². The number of nitro groups is 1. The first-order chi connectivity index (χ1) is 11.1. The average Bonchev–Trinajstić information content (AvgIpc) is 2.91. The topological polar surface area (TPSA) is 113 Å². The first-order valence-electron chi connectivity index (χ1n) is 6.70. The lowest BCUT2D eigenvalue weighted by Gasteiger charge is -2.09. The maximum Gasteiger partial charge on any atom is 0.271 e. The number of nitrogens with zero attached hydrogens (tertiary/aromatic N) is 3. The molecule has 0 saturated heterocycles. The molecule has 0 spiro atoms. The molecule has 8 heteroatoms. The Bertz CT molecular complexity index is 889. The number of hydrogen-bond acceptors (Lipinski definition) is 5. The van der Waals surface area contributed by atoms with Crippen LogP contribution >= 0.6 is 0 Å². The molecule has 0 saturated carbocycles. The van der Waals surface area contributed by atoms with Crippen LogP contribution in [0.3, 0.4) is 0 Å². The third-order valence-corrected chi connectivity index (χ3v) is 3.18. The van der Waals surface area contributed by atoms with E-state index in [0.717, 1.165) is 5.56 Å². The standard InChI is InChI=1S/C15H12N4O4/c16-14(20)9-23-18-13-8-11(19(21)22)6-7-12(13)17-15(18)10-4-2-1-3-5-10/h1-8H,9H2,(H2,16,20). The number of carbonyl (C=O) groups excluding carboxylic acids is 1. The summed E-state index contributed by atoms with van der Waals surface area (Å²) in [6.07, 6.45) is 0. The monoisotopic (exact) mass is 312 g/mol. The number of fused-ring (bicyclic) bond motifs is 1. The molecular weight excluding hydrogens is 300 g/mol. The minimum absolute atomic E-state index is 0.0964. The van der Waals surface area contributed by atoms with Gasteiger partial charge in [0.15, 0.2) is 12.4 Å². The molecule has 2 aromatic carbocycles. The summed E-state index contributed by atoms with van der Waals surface area (Å²) in [6, 6.07) is 13.4. The maximum atomic E-state index is 11.0. The SMILES string of the molecule is NC(=O)COn1c(-c2ccccc2)nc2ccc([N+](=O)[O-])cc21. The Kier molecular flexibility index (Phi) is 3.63. The van der Waals surface area contributed by atoms with Crippen LogP contribution in [-0.2, 0) is 4.79 Å². The Morgan fingerprint density at radius 2 is 2.00 bits per heavy atom. The number of aromatic nitrogens is 2. The number of primary amides is 1. The number of non-ortho nitro benzene ring substituents is 1. The van der Waals surface area contributed by atoms with Crippen LogP contribution in [0.1, 0.15) is 0 Å². The number of hydrogen-bond donors (Lipinski definition) is 1. The van der Waals surface area contributed by atoms with E-state index in [0.29, 0.717) is 16.9 Å². The van der Waals surface area contributed by atoms with Crippen molar-refractivity contribution >= 4 is 22.6 Å². The zero-order valence-electron chi connectivity index (χ0n) is 11.9. The first-order valence-corrected chi connectivity index (χ1v) is 6.70. The summed E-state index contributed by atoms with van der Waals surface area (Å²) in [5.74, 6) is -0.223. The minimum Gasteiger partial charge on any atom is -0.402 e. The van der Waals surface area contributed by atoms with E-state index < -0.39 is 10.8 Å². The van der Waals surface area contributed by atoms with Gasteiger partial charge in [0.2, 0.25) is 0 Å². The van der Waals surface area contributed by atoms with Crippen molar-refractivity contribution in [1.29, 1.82) is 0 Å². The van der Waals surface area contributed by atoms with E-state index in [1.165, 1.54) is 22.9 Å². The molecule has 0 aliphatic rings. The fourth-order valence-corrected chi connectivity index (χ4v) is 2.18. The lowest BCUT2D eigenvalue weighted by atomic mass is 10.2. The molecule has 0 fully saturated rings. The fourth-order valence-electron chi connectivity index (χ4n) is 2.18. The third kappa shape index (κ3) is 2.82. The second kappa shape index (κ2) is 5.76. The van der Waals surface area contributed by atoms with Crippen molar-refractivity contribution in [2.24, 2.45) is 5.73 Å². The van der Waals surface area contributed by atoms with Crippen LogP contribution in [0.2, 0.25) is 0 Å². The molecule has 1 heterocycles. The Hall–Kier alpha value is -3.42. The summed E-state index contributed by atoms with van der Waals surface area (Å²) >= 11 is 0. The second-order valence-electron chi connectivity index (χ2n) is 4.77. The number of amides is 1. The molecule has 0 unspecified atom stereocenters. The predicted molar refractivity (Wildman–Crippen MR) is 82.5 cm³/mol. The molecule has 2 N–H and O–H groups in total. The predicted octanol–water partition coefficient (Wildman–Crippen LogP) is 1.53. The van der Waals surface area contributed by atoms with Gasteiger partial charge in [-0.25, -0.2) is 4.98 Å². The van der Waals surface area contributed by atoms with Gasteiger partial charge in [-0.1, -0.05) is 30.3 Å². The molecule has 0 atom stereocenters. The smallest absolute Gasteiger partial charge is 0.271 e. The third-order valence-electron chi connectivity index (χ3n) is 3.18. The van der Waals surface area contributed by atoms with Crippen LogP contribution in [-0.4, -0.2) is 27.2 Å². The van der Waals surface area contributed by atoms with Gasteiger partial charge in [0.05, 0.1) is 10.4 Å². The van der Waals surface area contributed by atoms with Crippen molar-refractivity contribution in [3.63, 3.8) is 0 Å². The van der Waals surface area contributed by atoms with E-state index in [2.05, 4.69) is 4.98 Å². The number of nitro benzene ring substituents is 1. The molecule has 1 amide bonds. The zero-order valence-corrected chi connectivity index (χ0v) is 11.9. The highest BCUT2D eigenvalue weighted by atomic mass is 16.7. The van der Waals surface area contributed by atoms with Crippen molar-refractivity contribution in [3.8, 4) is 11.4 Å². The van der Waals surface area contributed by atoms with Gasteiger partial charge in [-0.2, -0.15) is 4.73 Å². The molecule has 23 heavy (non-hydrogen) atoms. The van der Waals surface area contributed by atoms with Crippen molar-refractivity contribution < 1.29 is 14.6 Å². The van der Waals surface area contributed by atoms with E-state index in [9.17, 15) is 14.9 Å². The molecule has 3 rings (SSSR count). The minimum atomic E-state index is -0.656. The summed E-state index contributed by atoms with van der Waals surface area (Å²) < 4.78 is 1.29. The number of benzene rings is 2. The van der Waals surface area contributed by atoms with Crippen molar-refractivity contribution in [2.75, 3.05) is 6.61 Å². The van der Waals surface area contributed by atoms with Gasteiger partial charge in [-0.3, -0.25) is 14.9 Å². The average molecular weight is 312 g/mol. The molecular formula is C15H12N4O4. The number of carbonyl (C=O) groups is 1. The quantitative estimate of drug-likeness (QED) is 0.567. The van der Waals surface area contributed by atoms with Gasteiger partial charge in [0.25, 0.3) is 11.6 Å². The van der Waals surface area contributed by atoms with Gasteiger partial charge < -0.3 is 10.6 Å². The lowest BCUT2D eigenvalue weighted by Crippen LogP contribution is -2.26. The zero-order chi connectivity index (χ0) is 16.4. The first kappa shape index (κ1) is 14.5. The van der Waals surface area contributed by atoms with E-state index in [1.54, 1.807) is 0 Å². The highest BCUT2D eigenvalue weighted by Crippen LogP contribution is 2.26. The summed E-state index contributed by atoms with van der Waals surface area (Å²) in [5.41, 5.74) is 6.67. The molecule has 8 nitrogen and oxygen atoms in total. The fraction of sp³-hybridized carbons (Fsp3) is 0.0667. The summed E-state index contributed by atoms with van der Waals surface area (Å²) in [5, 5.41) is 11.0. The molecule has 0 aliphatic carbocycles. The highest BCUT2D eigenvalue weighted by Gasteiger charge is 2.17. The van der Waals surface area contributed by atoms with Crippen LogP contribution < -0.4 is 10.6 Å². The number of nitrogens with two attached hydrogens (primary N) is 1. The van der Waals surface area contributed by atoms with Crippen LogP contribution in [0.25, 0.3) is 22.4 Å². The highest BCUT2D eigenvalue weighted by molar-refractivity contribution is 5.82. The van der Waals surface area contributed by atoms with E-state index in [1.807, 2.05) is 30.3 Å². The summed E-state index contributed by atoms with van der Waals surface area (Å²) in [6.45, 7) is -0.367. The summed E-state index contributed by atoms with van der Waals surface area (Å²) in [4.78, 5) is 31.3. The van der Waals surface area contributed by atoms with Gasteiger partial charge in [-0.15, -0.1) is 0 Å². The van der Waals surface area contributed by atoms with E-state index >= 15 is 0 Å². The van der Waals surface area contributed by atoms with Crippen LogP contribution in [0, 0.1) is 10.1 Å². The Morgan fingerprint density at radius 1 is 1.26 bits per heavy atom. The molecule has 0 bridgehead atoms.